The molecule has 0 bridgehead atoms. The summed E-state index contributed by atoms with van der Waals surface area (Å²) in [4.78, 5) is 44.4. The maximum Gasteiger partial charge on any atom is 0.295 e. The molecule has 33 heavy (non-hydrogen) atoms. The van der Waals surface area contributed by atoms with Gasteiger partial charge < -0.3 is 14.9 Å². The van der Waals surface area contributed by atoms with Crippen LogP contribution in [0.3, 0.4) is 0 Å². The van der Waals surface area contributed by atoms with Crippen LogP contribution in [0.15, 0.2) is 54.2 Å². The Hall–Kier alpha value is -4.05. The van der Waals surface area contributed by atoms with Crippen LogP contribution in [0.25, 0.3) is 11.4 Å². The van der Waals surface area contributed by atoms with Gasteiger partial charge in [-0.15, -0.1) is 0 Å². The number of rotatable bonds is 6. The highest BCUT2D eigenvalue weighted by molar-refractivity contribution is 6.46. The Kier molecular flexibility index (Phi) is 5.69. The molecule has 0 aliphatic carbocycles. The largest absolute Gasteiger partial charge is 0.505 e. The second-order valence-electron chi connectivity index (χ2n) is 8.12. The Balaban J connectivity index is 1.91. The van der Waals surface area contributed by atoms with Crippen molar-refractivity contribution in [1.29, 1.82) is 0 Å². The number of amides is 1. The monoisotopic (exact) mass is 449 g/mol. The summed E-state index contributed by atoms with van der Waals surface area (Å²) in [5, 5.41) is 22.4. The van der Waals surface area contributed by atoms with Crippen molar-refractivity contribution >= 4 is 28.8 Å². The van der Waals surface area contributed by atoms with Crippen molar-refractivity contribution in [2.24, 2.45) is 0 Å². The van der Waals surface area contributed by atoms with E-state index >= 15 is 0 Å². The molecule has 1 fully saturated rings. The fourth-order valence-electron chi connectivity index (χ4n) is 4.07. The van der Waals surface area contributed by atoms with E-state index in [1.54, 1.807) is 29.7 Å². The van der Waals surface area contributed by atoms with Gasteiger partial charge in [-0.3, -0.25) is 24.1 Å². The van der Waals surface area contributed by atoms with E-state index in [0.29, 0.717) is 29.1 Å². The fraction of sp³-hybridized carbons (Fsp3) is 0.261. The van der Waals surface area contributed by atoms with Crippen LogP contribution >= 0.6 is 0 Å². The van der Waals surface area contributed by atoms with Crippen molar-refractivity contribution in [3.63, 3.8) is 0 Å². The number of aromatic nitrogens is 2. The number of Topliss-reactive ketones (excluding diaryl/α,β-unsaturated/α-hetero) is 1. The van der Waals surface area contributed by atoms with Gasteiger partial charge in [0, 0.05) is 31.4 Å². The van der Waals surface area contributed by atoms with Gasteiger partial charge in [0.1, 0.15) is 11.3 Å². The summed E-state index contributed by atoms with van der Waals surface area (Å²) in [5.74, 6) is -1.87. The minimum atomic E-state index is -0.889. The molecule has 3 aromatic rings. The molecule has 1 N–H and O–H groups in total. The Labute approximate surface area is 189 Å². The number of aliphatic hydroxyl groups is 1. The number of ketones is 1. The molecule has 1 aromatic carbocycles. The number of nitro groups is 1. The highest BCUT2D eigenvalue weighted by atomic mass is 16.6. The van der Waals surface area contributed by atoms with E-state index in [2.05, 4.69) is 4.98 Å². The third-order valence-electron chi connectivity index (χ3n) is 5.68. The number of non-ortho nitro benzene ring substituents is 1. The predicted molar refractivity (Wildman–Crippen MR) is 121 cm³/mol. The van der Waals surface area contributed by atoms with E-state index < -0.39 is 22.7 Å². The number of hydrogen-bond donors (Lipinski definition) is 1. The lowest BCUT2D eigenvalue weighted by Gasteiger charge is -2.26. The molecule has 4 rings (SSSR count). The van der Waals surface area contributed by atoms with Gasteiger partial charge in [-0.05, 0) is 50.8 Å². The molecular formula is C23H23N5O5. The van der Waals surface area contributed by atoms with Gasteiger partial charge in [0.25, 0.3) is 17.4 Å². The Morgan fingerprint density at radius 1 is 1.18 bits per heavy atom. The van der Waals surface area contributed by atoms with Crippen molar-refractivity contribution < 1.29 is 19.6 Å². The number of carbonyl (C=O) groups excluding carboxylic acids is 2. The molecule has 3 heterocycles. The first-order valence-corrected chi connectivity index (χ1v) is 10.3. The topological polar surface area (TPSA) is 121 Å². The summed E-state index contributed by atoms with van der Waals surface area (Å²) in [7, 11) is 3.69. The highest BCUT2D eigenvalue weighted by Gasteiger charge is 2.46. The zero-order valence-electron chi connectivity index (χ0n) is 18.4. The maximum atomic E-state index is 13.1. The predicted octanol–water partition coefficient (Wildman–Crippen LogP) is 2.53. The summed E-state index contributed by atoms with van der Waals surface area (Å²) in [6, 6.07) is 10.1. The summed E-state index contributed by atoms with van der Waals surface area (Å²) in [6.07, 6.45) is 1.72. The Morgan fingerprint density at radius 2 is 1.88 bits per heavy atom. The van der Waals surface area contributed by atoms with Crippen molar-refractivity contribution in [1.82, 2.24) is 19.2 Å². The van der Waals surface area contributed by atoms with Crippen LogP contribution in [0.2, 0.25) is 0 Å². The molecule has 1 unspecified atom stereocenters. The standard InChI is InChI=1S/C23H23N5O5/c1-14-19(26-11-5-4-6-17(26)24-14)21(29)18-20(15-7-9-16(10-8-15)28(32)33)27(13-12-25(2)3)23(31)22(18)30/h4-11,20,29H,12-13H2,1-3H3/b21-18+. The maximum absolute atomic E-state index is 13.1. The number of aliphatic hydroxyl groups excluding tert-OH is 1. The molecule has 10 nitrogen and oxygen atoms in total. The number of aryl methyl sites for hydroxylation is 1. The lowest BCUT2D eigenvalue weighted by atomic mass is 9.96. The molecule has 0 spiro atoms. The molecule has 1 aliphatic heterocycles. The van der Waals surface area contributed by atoms with Gasteiger partial charge in [0.2, 0.25) is 0 Å². The lowest BCUT2D eigenvalue weighted by molar-refractivity contribution is -0.384. The van der Waals surface area contributed by atoms with Crippen molar-refractivity contribution in [3.05, 3.63) is 81.3 Å². The normalized spacial score (nSPS) is 17.9. The first-order valence-electron chi connectivity index (χ1n) is 10.3. The van der Waals surface area contributed by atoms with E-state index in [9.17, 15) is 24.8 Å². The molecule has 10 heteroatoms. The molecule has 1 saturated heterocycles. The third kappa shape index (κ3) is 3.85. The van der Waals surface area contributed by atoms with Crippen molar-refractivity contribution in [2.75, 3.05) is 27.2 Å². The summed E-state index contributed by atoms with van der Waals surface area (Å²) < 4.78 is 1.66. The number of imidazole rings is 1. The number of likely N-dealkylation sites (N-methyl/N-ethyl adjacent to an activating group) is 1. The van der Waals surface area contributed by atoms with Gasteiger partial charge in [0.05, 0.1) is 22.2 Å². The van der Waals surface area contributed by atoms with Crippen LogP contribution in [-0.4, -0.2) is 68.1 Å². The summed E-state index contributed by atoms with van der Waals surface area (Å²) >= 11 is 0. The average Bonchev–Trinajstić information content (AvgIpc) is 3.25. The SMILES string of the molecule is Cc1nc2ccccn2c1/C(O)=C1\C(=O)C(=O)N(CCN(C)C)C1c1ccc([N+](=O)[O-])cc1. The van der Waals surface area contributed by atoms with Gasteiger partial charge in [-0.2, -0.15) is 0 Å². The van der Waals surface area contributed by atoms with Crippen LogP contribution in [-0.2, 0) is 9.59 Å². The van der Waals surface area contributed by atoms with Crippen LogP contribution in [0, 0.1) is 17.0 Å². The molecule has 1 amide bonds. The number of carbonyl (C=O) groups is 2. The zero-order valence-corrected chi connectivity index (χ0v) is 18.4. The van der Waals surface area contributed by atoms with E-state index in [1.165, 1.54) is 29.2 Å². The molecule has 1 aliphatic rings. The second kappa shape index (κ2) is 8.47. The highest BCUT2D eigenvalue weighted by Crippen LogP contribution is 2.40. The van der Waals surface area contributed by atoms with Crippen molar-refractivity contribution in [3.8, 4) is 0 Å². The fourth-order valence-corrected chi connectivity index (χ4v) is 4.07. The van der Waals surface area contributed by atoms with Crippen LogP contribution in [0.4, 0.5) is 5.69 Å². The first-order chi connectivity index (χ1) is 15.7. The molecule has 1 atom stereocenters. The Bertz CT molecular complexity index is 1290. The van der Waals surface area contributed by atoms with E-state index in [4.69, 9.17) is 0 Å². The van der Waals surface area contributed by atoms with E-state index in [-0.39, 0.29) is 23.6 Å². The Morgan fingerprint density at radius 3 is 2.52 bits per heavy atom. The molecular weight excluding hydrogens is 426 g/mol. The molecule has 0 radical (unpaired) electrons. The second-order valence-corrected chi connectivity index (χ2v) is 8.12. The van der Waals surface area contributed by atoms with Gasteiger partial charge >= 0.3 is 0 Å². The molecule has 170 valence electrons. The summed E-state index contributed by atoms with van der Waals surface area (Å²) in [5.41, 5.74) is 1.73. The van der Waals surface area contributed by atoms with Gasteiger partial charge in [0.15, 0.2) is 5.76 Å². The number of nitro benzene ring substituents is 1. The average molecular weight is 449 g/mol. The number of pyridine rings is 1. The van der Waals surface area contributed by atoms with Crippen LogP contribution < -0.4 is 0 Å². The molecule has 0 saturated carbocycles. The quantitative estimate of drug-likeness (QED) is 0.202. The smallest absolute Gasteiger partial charge is 0.295 e. The van der Waals surface area contributed by atoms with Gasteiger partial charge in [-0.1, -0.05) is 6.07 Å². The number of benzene rings is 1. The number of fused-ring (bicyclic) bond motifs is 1. The van der Waals surface area contributed by atoms with Gasteiger partial charge in [-0.25, -0.2) is 4.98 Å². The minimum Gasteiger partial charge on any atom is -0.505 e. The number of likely N-dealkylation sites (tertiary alicyclic amines) is 1. The van der Waals surface area contributed by atoms with Crippen molar-refractivity contribution in [2.45, 2.75) is 13.0 Å². The van der Waals surface area contributed by atoms with E-state index in [1.807, 2.05) is 25.1 Å². The lowest BCUT2D eigenvalue weighted by Crippen LogP contribution is -2.35. The first kappa shape index (κ1) is 22.2. The third-order valence-corrected chi connectivity index (χ3v) is 5.68. The van der Waals surface area contributed by atoms with Crippen LogP contribution in [0.1, 0.15) is 23.0 Å². The zero-order chi connectivity index (χ0) is 23.9. The van der Waals surface area contributed by atoms with Crippen LogP contribution in [0.5, 0.6) is 0 Å². The number of nitrogens with zero attached hydrogens (tertiary/aromatic N) is 5. The molecule has 2 aromatic heterocycles. The van der Waals surface area contributed by atoms with E-state index in [0.717, 1.165) is 0 Å². The summed E-state index contributed by atoms with van der Waals surface area (Å²) in [6.45, 7) is 2.44. The number of hydrogen-bond acceptors (Lipinski definition) is 7. The minimum absolute atomic E-state index is 0.0682.